The molecule has 11 aromatic rings. The number of fused-ring (bicyclic) bond motifs is 8. The standard InChI is InChI=1S/C59H40N2/c1-59(2)53-23-13-12-22-48(53)49-30-29-42(35-54(49)59)56-36-55(60-58(61-56)40-15-4-3-5-16-40)39-26-24-38(25-27-39)44-32-33-50(47-21-11-10-20-46(44)47)57-45-19-9-7-17-41(45)34-52-43-18-8-6-14-37(43)28-31-51(52)57/h3-36H,1-2H3. The van der Waals surface area contributed by atoms with Gasteiger partial charge in [-0.1, -0.05) is 202 Å². The third kappa shape index (κ3) is 5.64. The molecule has 0 atom stereocenters. The molecule has 12 rings (SSSR count). The number of aromatic nitrogens is 2. The zero-order valence-electron chi connectivity index (χ0n) is 34.0. The molecule has 1 aromatic heterocycles. The molecule has 1 aliphatic rings. The average Bonchev–Trinajstić information content (AvgIpc) is 3.55. The fourth-order valence-electron chi connectivity index (χ4n) is 10.0. The SMILES string of the molecule is CC1(C)c2ccccc2-c2ccc(-c3cc(-c4ccc(-c5ccc(-c6c7ccccc7cc7c6ccc6ccccc67)c6ccccc56)cc4)nc(-c4ccccc4)n3)cc21. The molecule has 10 aromatic carbocycles. The quantitative estimate of drug-likeness (QED) is 0.128. The lowest BCUT2D eigenvalue weighted by Gasteiger charge is -2.22. The zero-order chi connectivity index (χ0) is 40.7. The van der Waals surface area contributed by atoms with E-state index in [1.807, 2.05) is 6.07 Å². The molecule has 1 heterocycles. The second-order valence-corrected chi connectivity index (χ2v) is 16.9. The first-order chi connectivity index (χ1) is 30.0. The second-order valence-electron chi connectivity index (χ2n) is 16.9. The van der Waals surface area contributed by atoms with Crippen molar-refractivity contribution in [2.45, 2.75) is 19.3 Å². The van der Waals surface area contributed by atoms with Crippen molar-refractivity contribution in [2.24, 2.45) is 0 Å². The first-order valence-electron chi connectivity index (χ1n) is 21.1. The van der Waals surface area contributed by atoms with Crippen molar-refractivity contribution in [3.05, 3.63) is 217 Å². The molecule has 2 heteroatoms. The monoisotopic (exact) mass is 776 g/mol. The summed E-state index contributed by atoms with van der Waals surface area (Å²) in [6.45, 7) is 4.65. The van der Waals surface area contributed by atoms with Gasteiger partial charge in [-0.25, -0.2) is 9.97 Å². The molecule has 0 unspecified atom stereocenters. The maximum absolute atomic E-state index is 5.20. The molecule has 61 heavy (non-hydrogen) atoms. The Morgan fingerprint density at radius 2 is 0.885 bits per heavy atom. The van der Waals surface area contributed by atoms with Gasteiger partial charge in [0, 0.05) is 22.1 Å². The highest BCUT2D eigenvalue weighted by atomic mass is 14.9. The Labute approximate surface area is 355 Å². The molecule has 0 fully saturated rings. The maximum Gasteiger partial charge on any atom is 0.160 e. The molecule has 0 radical (unpaired) electrons. The van der Waals surface area contributed by atoms with E-state index in [0.717, 1.165) is 33.9 Å². The maximum atomic E-state index is 5.20. The second kappa shape index (κ2) is 13.7. The van der Waals surface area contributed by atoms with Gasteiger partial charge in [0.05, 0.1) is 11.4 Å². The van der Waals surface area contributed by atoms with Crippen LogP contribution in [-0.4, -0.2) is 9.97 Å². The van der Waals surface area contributed by atoms with Crippen molar-refractivity contribution >= 4 is 43.1 Å². The fourth-order valence-corrected chi connectivity index (χ4v) is 10.0. The van der Waals surface area contributed by atoms with Gasteiger partial charge in [-0.2, -0.15) is 0 Å². The Hall–Kier alpha value is -7.68. The number of benzene rings is 10. The van der Waals surface area contributed by atoms with Gasteiger partial charge >= 0.3 is 0 Å². The average molecular weight is 777 g/mol. The Kier molecular flexibility index (Phi) is 7.92. The summed E-state index contributed by atoms with van der Waals surface area (Å²) in [5, 5.41) is 10.1. The van der Waals surface area contributed by atoms with Gasteiger partial charge < -0.3 is 0 Å². The summed E-state index contributed by atoms with van der Waals surface area (Å²) in [6.07, 6.45) is 0. The van der Waals surface area contributed by atoms with Crippen LogP contribution in [0.2, 0.25) is 0 Å². The van der Waals surface area contributed by atoms with Crippen LogP contribution >= 0.6 is 0 Å². The first kappa shape index (κ1) is 35.3. The molecule has 0 aliphatic heterocycles. The highest BCUT2D eigenvalue weighted by molar-refractivity contribution is 6.23. The molecule has 2 nitrogen and oxygen atoms in total. The Morgan fingerprint density at radius 1 is 0.311 bits per heavy atom. The van der Waals surface area contributed by atoms with Crippen molar-refractivity contribution in [1.82, 2.24) is 9.97 Å². The van der Waals surface area contributed by atoms with E-state index in [0.29, 0.717) is 0 Å². The Balaban J connectivity index is 0.970. The highest BCUT2D eigenvalue weighted by Crippen LogP contribution is 2.50. The minimum atomic E-state index is -0.101. The Morgan fingerprint density at radius 3 is 1.69 bits per heavy atom. The molecule has 0 spiro atoms. The third-order valence-corrected chi connectivity index (χ3v) is 13.1. The molecule has 286 valence electrons. The van der Waals surface area contributed by atoms with Crippen molar-refractivity contribution in [3.8, 4) is 67.3 Å². The summed E-state index contributed by atoms with van der Waals surface area (Å²) >= 11 is 0. The molecule has 1 aliphatic carbocycles. The minimum absolute atomic E-state index is 0.101. The predicted molar refractivity (Wildman–Crippen MR) is 257 cm³/mol. The van der Waals surface area contributed by atoms with Crippen LogP contribution < -0.4 is 0 Å². The van der Waals surface area contributed by atoms with E-state index in [2.05, 4.69) is 214 Å². The normalized spacial score (nSPS) is 12.9. The number of hydrogen-bond acceptors (Lipinski definition) is 2. The smallest absolute Gasteiger partial charge is 0.160 e. The highest BCUT2D eigenvalue weighted by Gasteiger charge is 2.35. The van der Waals surface area contributed by atoms with Gasteiger partial charge in [0.1, 0.15) is 0 Å². The van der Waals surface area contributed by atoms with Crippen molar-refractivity contribution < 1.29 is 0 Å². The summed E-state index contributed by atoms with van der Waals surface area (Å²) in [7, 11) is 0. The van der Waals surface area contributed by atoms with Crippen LogP contribution in [0.15, 0.2) is 206 Å². The van der Waals surface area contributed by atoms with Gasteiger partial charge in [-0.3, -0.25) is 0 Å². The first-order valence-corrected chi connectivity index (χ1v) is 21.1. The minimum Gasteiger partial charge on any atom is -0.228 e. The molecular weight excluding hydrogens is 737 g/mol. The van der Waals surface area contributed by atoms with Crippen LogP contribution in [0.25, 0.3) is 110 Å². The molecule has 0 bridgehead atoms. The molecule has 0 N–H and O–H groups in total. The fraction of sp³-hybridized carbons (Fsp3) is 0.0508. The lowest BCUT2D eigenvalue weighted by molar-refractivity contribution is 0.660. The summed E-state index contributed by atoms with van der Waals surface area (Å²) in [5.41, 5.74) is 15.1. The van der Waals surface area contributed by atoms with E-state index < -0.39 is 0 Å². The predicted octanol–water partition coefficient (Wildman–Crippen LogP) is 15.7. The molecule has 0 amide bonds. The van der Waals surface area contributed by atoms with Gasteiger partial charge in [-0.15, -0.1) is 0 Å². The van der Waals surface area contributed by atoms with Crippen LogP contribution in [-0.2, 0) is 5.41 Å². The van der Waals surface area contributed by atoms with Crippen LogP contribution in [0.3, 0.4) is 0 Å². The summed E-state index contributed by atoms with van der Waals surface area (Å²) < 4.78 is 0. The number of hydrogen-bond donors (Lipinski definition) is 0. The van der Waals surface area contributed by atoms with E-state index in [1.54, 1.807) is 0 Å². The van der Waals surface area contributed by atoms with Crippen molar-refractivity contribution in [3.63, 3.8) is 0 Å². The third-order valence-electron chi connectivity index (χ3n) is 13.1. The van der Waals surface area contributed by atoms with Crippen LogP contribution in [0.5, 0.6) is 0 Å². The lowest BCUT2D eigenvalue weighted by Crippen LogP contribution is -2.14. The van der Waals surface area contributed by atoms with E-state index in [-0.39, 0.29) is 5.41 Å². The summed E-state index contributed by atoms with van der Waals surface area (Å²) in [6, 6.07) is 75.0. The van der Waals surface area contributed by atoms with Crippen LogP contribution in [0, 0.1) is 0 Å². The van der Waals surface area contributed by atoms with E-state index >= 15 is 0 Å². The van der Waals surface area contributed by atoms with Gasteiger partial charge in [-0.05, 0) is 106 Å². The molecule has 0 saturated carbocycles. The van der Waals surface area contributed by atoms with Gasteiger partial charge in [0.2, 0.25) is 0 Å². The van der Waals surface area contributed by atoms with Crippen LogP contribution in [0.4, 0.5) is 0 Å². The Bertz CT molecular complexity index is 3540. The van der Waals surface area contributed by atoms with Gasteiger partial charge in [0.15, 0.2) is 5.82 Å². The zero-order valence-corrected chi connectivity index (χ0v) is 34.0. The summed E-state index contributed by atoms with van der Waals surface area (Å²) in [4.78, 5) is 10.4. The topological polar surface area (TPSA) is 25.8 Å². The number of nitrogens with zero attached hydrogens (tertiary/aromatic N) is 2. The van der Waals surface area contributed by atoms with E-state index in [4.69, 9.17) is 9.97 Å². The van der Waals surface area contributed by atoms with Gasteiger partial charge in [0.25, 0.3) is 0 Å². The van der Waals surface area contributed by atoms with Crippen molar-refractivity contribution in [2.75, 3.05) is 0 Å². The van der Waals surface area contributed by atoms with E-state index in [1.165, 1.54) is 87.6 Å². The largest absolute Gasteiger partial charge is 0.228 e. The van der Waals surface area contributed by atoms with Crippen LogP contribution in [0.1, 0.15) is 25.0 Å². The lowest BCUT2D eigenvalue weighted by atomic mass is 9.82. The molecule has 0 saturated heterocycles. The van der Waals surface area contributed by atoms with E-state index in [9.17, 15) is 0 Å². The van der Waals surface area contributed by atoms with Crippen molar-refractivity contribution in [1.29, 1.82) is 0 Å². The number of rotatable bonds is 5. The summed E-state index contributed by atoms with van der Waals surface area (Å²) in [5.74, 6) is 0.718. The molecular formula is C59H40N2.